The van der Waals surface area contributed by atoms with Crippen LogP contribution in [-0.4, -0.2) is 27.0 Å². The molecular weight excluding hydrogens is 531 g/mol. The number of hydrogen-bond acceptors (Lipinski definition) is 2. The minimum Gasteiger partial charge on any atom is -1.00 e. The first-order valence-corrected chi connectivity index (χ1v) is 15.3. The van der Waals surface area contributed by atoms with Gasteiger partial charge in [-0.25, -0.2) is 0 Å². The molecule has 1 N–H and O–H groups in total. The molecule has 0 unspecified atom stereocenters. The Morgan fingerprint density at radius 2 is 1.17 bits per heavy atom. The van der Waals surface area contributed by atoms with Crippen LogP contribution in [0.3, 0.4) is 0 Å². The number of rotatable bonds is 17. The van der Waals surface area contributed by atoms with E-state index in [9.17, 15) is 4.79 Å². The highest BCUT2D eigenvalue weighted by molar-refractivity contribution is 7.95. The number of benzene rings is 2. The number of aryl methyl sites for hydroxylation is 1. The molecule has 0 bridgehead atoms. The van der Waals surface area contributed by atoms with Crippen LogP contribution in [0, 0.1) is 0 Å². The van der Waals surface area contributed by atoms with Gasteiger partial charge >= 0.3 is 5.97 Å². The first-order chi connectivity index (χ1) is 17.1. The molecule has 3 rings (SSSR count). The van der Waals surface area contributed by atoms with Gasteiger partial charge in [-0.2, -0.15) is 5.10 Å². The Balaban J connectivity index is 0.00000456. The van der Waals surface area contributed by atoms with E-state index >= 15 is 0 Å². The molecule has 0 aliphatic heterocycles. The third-order valence-electron chi connectivity index (χ3n) is 6.91. The summed E-state index contributed by atoms with van der Waals surface area (Å²) in [5, 5.41) is 17.5. The van der Waals surface area contributed by atoms with E-state index in [0.29, 0.717) is 6.42 Å². The number of carboxylic acid groups (broad SMARTS) is 1. The molecule has 0 saturated heterocycles. The van der Waals surface area contributed by atoms with E-state index in [0.717, 1.165) is 12.8 Å². The molecule has 6 heteroatoms. The zero-order valence-electron chi connectivity index (χ0n) is 21.7. The highest BCUT2D eigenvalue weighted by Crippen LogP contribution is 2.55. The molecule has 36 heavy (non-hydrogen) atoms. The van der Waals surface area contributed by atoms with Crippen LogP contribution in [0.2, 0.25) is 0 Å². The van der Waals surface area contributed by atoms with Gasteiger partial charge in [0.15, 0.2) is 0 Å². The Hall–Kier alpha value is -1.97. The molecule has 1 aromatic heterocycles. The van der Waals surface area contributed by atoms with Gasteiger partial charge in [0, 0.05) is 13.5 Å². The maximum absolute atomic E-state index is 10.6. The second-order valence-electron chi connectivity index (χ2n) is 9.61. The van der Waals surface area contributed by atoms with E-state index in [4.69, 9.17) is 5.11 Å². The van der Waals surface area contributed by atoms with E-state index in [1.54, 1.807) is 0 Å². The van der Waals surface area contributed by atoms with Crippen molar-refractivity contribution in [3.05, 3.63) is 73.1 Å². The van der Waals surface area contributed by atoms with Gasteiger partial charge in [-0.15, -0.1) is 0 Å². The normalized spacial score (nSPS) is 11.2. The molecule has 4 nitrogen and oxygen atoms in total. The maximum atomic E-state index is 10.6. The van der Waals surface area contributed by atoms with Crippen LogP contribution in [-0.2, 0) is 11.8 Å². The Bertz CT molecular complexity index is 955. The van der Waals surface area contributed by atoms with Crippen LogP contribution in [0.1, 0.15) is 77.0 Å². The molecule has 0 amide bonds. The number of carboxylic acids is 1. The van der Waals surface area contributed by atoms with Crippen LogP contribution < -0.4 is 32.9 Å². The molecule has 196 valence electrons. The second-order valence-corrected chi connectivity index (χ2v) is 13.2. The summed E-state index contributed by atoms with van der Waals surface area (Å²) in [6, 6.07) is 22.2. The number of unbranched alkanes of at least 4 members (excludes halogenated alkanes) is 10. The lowest BCUT2D eigenvalue weighted by Gasteiger charge is -2.26. The average molecular weight is 574 g/mol. The zero-order valence-corrected chi connectivity index (χ0v) is 24.2. The van der Waals surface area contributed by atoms with Gasteiger partial charge in [0.2, 0.25) is 0 Å². The number of aromatic nitrogens is 2. The number of nitrogens with zero attached hydrogens (tertiary/aromatic N) is 2. The molecular formula is C30H42BrN2O2P. The van der Waals surface area contributed by atoms with Crippen molar-refractivity contribution in [2.45, 2.75) is 77.0 Å². The Labute approximate surface area is 228 Å². The molecule has 1 heterocycles. The van der Waals surface area contributed by atoms with Crippen molar-refractivity contribution < 1.29 is 26.9 Å². The SMILES string of the molecule is Cn1cc([P+](CCCCCCCCCCCCCC(=O)O)(c2ccccc2)c2ccccc2)cn1.[Br-]. The summed E-state index contributed by atoms with van der Waals surface area (Å²) in [6.45, 7) is 0. The molecule has 0 fully saturated rings. The fourth-order valence-corrected chi connectivity index (χ4v) is 9.36. The van der Waals surface area contributed by atoms with Crippen molar-refractivity contribution >= 4 is 29.1 Å². The molecule has 3 aromatic rings. The van der Waals surface area contributed by atoms with Crippen LogP contribution in [0.5, 0.6) is 0 Å². The standard InChI is InChI=1S/C30H41N2O2P.BrH/c1-32-26-29(25-31-32)35(27-19-13-11-14-20-27,28-21-15-12-16-22-28)24-18-10-8-6-4-2-3-5-7-9-17-23-30(33)34;/h11-16,19-22,25-26H,2-10,17-18,23-24H2,1H3;1H. The second kappa shape index (κ2) is 16.7. The molecule has 2 aromatic carbocycles. The topological polar surface area (TPSA) is 55.1 Å². The number of aliphatic carboxylic acids is 1. The summed E-state index contributed by atoms with van der Waals surface area (Å²) in [5.41, 5.74) is 0. The van der Waals surface area contributed by atoms with Crippen molar-refractivity contribution in [2.24, 2.45) is 7.05 Å². The van der Waals surface area contributed by atoms with E-state index in [1.807, 2.05) is 11.7 Å². The summed E-state index contributed by atoms with van der Waals surface area (Å²) >= 11 is 0. The monoisotopic (exact) mass is 572 g/mol. The van der Waals surface area contributed by atoms with E-state index < -0.39 is 13.2 Å². The molecule has 0 saturated carbocycles. The molecule has 0 aliphatic carbocycles. The van der Waals surface area contributed by atoms with E-state index in [-0.39, 0.29) is 17.0 Å². The van der Waals surface area contributed by atoms with Crippen molar-refractivity contribution in [1.82, 2.24) is 9.78 Å². The first kappa shape index (κ1) is 30.3. The number of hydrogen-bond donors (Lipinski definition) is 1. The van der Waals surface area contributed by atoms with Gasteiger partial charge < -0.3 is 22.1 Å². The fraction of sp³-hybridized carbons (Fsp3) is 0.467. The van der Waals surface area contributed by atoms with Crippen LogP contribution >= 0.6 is 7.26 Å². The van der Waals surface area contributed by atoms with Crippen molar-refractivity contribution in [3.8, 4) is 0 Å². The fourth-order valence-electron chi connectivity index (χ4n) is 5.02. The predicted molar refractivity (Wildman–Crippen MR) is 150 cm³/mol. The van der Waals surface area contributed by atoms with Gasteiger partial charge in [0.05, 0.1) is 18.6 Å². The first-order valence-electron chi connectivity index (χ1n) is 13.3. The van der Waals surface area contributed by atoms with Crippen molar-refractivity contribution in [1.29, 1.82) is 0 Å². The lowest BCUT2D eigenvalue weighted by molar-refractivity contribution is -0.137. The predicted octanol–water partition coefficient (Wildman–Crippen LogP) is 3.48. The van der Waals surface area contributed by atoms with Gasteiger partial charge in [-0.05, 0) is 43.5 Å². The molecule has 0 atom stereocenters. The summed E-state index contributed by atoms with van der Waals surface area (Å²) in [4.78, 5) is 10.6. The lowest BCUT2D eigenvalue weighted by atomic mass is 10.1. The highest BCUT2D eigenvalue weighted by Gasteiger charge is 2.45. The van der Waals surface area contributed by atoms with Gasteiger partial charge in [-0.1, -0.05) is 87.8 Å². The van der Waals surface area contributed by atoms with Crippen LogP contribution in [0.15, 0.2) is 73.1 Å². The molecule has 0 radical (unpaired) electrons. The van der Waals surface area contributed by atoms with E-state index in [1.165, 1.54) is 79.9 Å². The van der Waals surface area contributed by atoms with Gasteiger partial charge in [-0.3, -0.25) is 9.48 Å². The average Bonchev–Trinajstić information content (AvgIpc) is 3.32. The molecule has 0 aliphatic rings. The third kappa shape index (κ3) is 9.16. The molecule has 0 spiro atoms. The van der Waals surface area contributed by atoms with Crippen molar-refractivity contribution in [2.75, 3.05) is 6.16 Å². The van der Waals surface area contributed by atoms with Crippen LogP contribution in [0.4, 0.5) is 0 Å². The minimum atomic E-state index is -1.74. The number of carbonyl (C=O) groups is 1. The third-order valence-corrected chi connectivity index (χ3v) is 11.4. The van der Waals surface area contributed by atoms with Crippen molar-refractivity contribution in [3.63, 3.8) is 0 Å². The largest absolute Gasteiger partial charge is 1.00 e. The quantitative estimate of drug-likeness (QED) is 0.199. The van der Waals surface area contributed by atoms with Gasteiger partial charge in [0.1, 0.15) is 23.2 Å². The summed E-state index contributed by atoms with van der Waals surface area (Å²) in [5.74, 6) is -0.669. The Kier molecular flexibility index (Phi) is 14.0. The number of halogens is 1. The zero-order chi connectivity index (χ0) is 24.8. The minimum absolute atomic E-state index is 0. The maximum Gasteiger partial charge on any atom is 0.303 e. The van der Waals surface area contributed by atoms with Gasteiger partial charge in [0.25, 0.3) is 0 Å². The summed E-state index contributed by atoms with van der Waals surface area (Å²) in [7, 11) is 0.279. The summed E-state index contributed by atoms with van der Waals surface area (Å²) in [6.07, 6.45) is 19.1. The van der Waals surface area contributed by atoms with E-state index in [2.05, 4.69) is 78.2 Å². The smallest absolute Gasteiger partial charge is 0.303 e. The summed E-state index contributed by atoms with van der Waals surface area (Å²) < 4.78 is 1.95. The Morgan fingerprint density at radius 3 is 1.58 bits per heavy atom. The van der Waals surface area contributed by atoms with Crippen LogP contribution in [0.25, 0.3) is 0 Å². The Morgan fingerprint density at radius 1 is 0.722 bits per heavy atom. The highest BCUT2D eigenvalue weighted by atomic mass is 79.9. The lowest BCUT2D eigenvalue weighted by Crippen LogP contribution is -3.00.